The number of carbonyl (C=O) groups excluding carboxylic acids is 2. The molecular weight excluding hydrogens is 567 g/mol. The Morgan fingerprint density at radius 1 is 1.18 bits per heavy atom. The number of hydrogen-bond acceptors (Lipinski definition) is 8. The highest BCUT2D eigenvalue weighted by molar-refractivity contribution is 5.88. The van der Waals surface area contributed by atoms with Crippen molar-refractivity contribution in [1.29, 1.82) is 0 Å². The first-order chi connectivity index (χ1) is 21.2. The molecule has 2 amide bonds. The molecule has 12 heteroatoms. The maximum absolute atomic E-state index is 14.4. The summed E-state index contributed by atoms with van der Waals surface area (Å²) in [6.07, 6.45) is 3.98. The van der Waals surface area contributed by atoms with Gasteiger partial charge in [0.1, 0.15) is 23.3 Å². The quantitative estimate of drug-likeness (QED) is 0.350. The zero-order valence-corrected chi connectivity index (χ0v) is 25.3. The minimum atomic E-state index is -0.767. The maximum atomic E-state index is 14.4. The van der Waals surface area contributed by atoms with Crippen LogP contribution in [-0.2, 0) is 22.7 Å². The van der Waals surface area contributed by atoms with Gasteiger partial charge < -0.3 is 24.5 Å². The van der Waals surface area contributed by atoms with E-state index in [-0.39, 0.29) is 43.2 Å². The van der Waals surface area contributed by atoms with Crippen LogP contribution in [0, 0.1) is 18.7 Å². The van der Waals surface area contributed by atoms with Crippen LogP contribution >= 0.6 is 0 Å². The molecule has 0 saturated heterocycles. The number of halogens is 1. The molecule has 1 atom stereocenters. The number of rotatable bonds is 5. The summed E-state index contributed by atoms with van der Waals surface area (Å²) in [6.45, 7) is 6.68. The number of nitrogens with one attached hydrogen (secondary N) is 2. The van der Waals surface area contributed by atoms with Crippen LogP contribution in [0.1, 0.15) is 37.3 Å². The molecule has 0 saturated carbocycles. The topological polar surface area (TPSA) is 124 Å². The molecule has 4 bridgehead atoms. The zero-order chi connectivity index (χ0) is 31.2. The van der Waals surface area contributed by atoms with Crippen LogP contribution in [0.2, 0.25) is 0 Å². The first kappa shape index (κ1) is 30.7. The average Bonchev–Trinajstić information content (AvgIpc) is 3.66. The van der Waals surface area contributed by atoms with E-state index in [1.165, 1.54) is 12.1 Å². The van der Waals surface area contributed by atoms with Crippen LogP contribution in [0.25, 0.3) is 17.1 Å². The molecule has 1 aliphatic rings. The monoisotopic (exact) mass is 604 g/mol. The summed E-state index contributed by atoms with van der Waals surface area (Å²) in [7, 11) is 1.57. The highest BCUT2D eigenvalue weighted by Crippen LogP contribution is 2.33. The molecule has 232 valence electrons. The lowest BCUT2D eigenvalue weighted by Crippen LogP contribution is -2.51. The van der Waals surface area contributed by atoms with Crippen molar-refractivity contribution in [2.75, 3.05) is 26.8 Å². The maximum Gasteiger partial charge on any atom is 0.243 e. The molecule has 0 radical (unpaired) electrons. The minimum Gasteiger partial charge on any atom is -0.493 e. The number of amides is 2. The van der Waals surface area contributed by atoms with Gasteiger partial charge in [-0.3, -0.25) is 14.5 Å². The predicted molar refractivity (Wildman–Crippen MR) is 161 cm³/mol. The van der Waals surface area contributed by atoms with Gasteiger partial charge in [0, 0.05) is 31.0 Å². The van der Waals surface area contributed by atoms with Gasteiger partial charge in [-0.25, -0.2) is 14.1 Å². The van der Waals surface area contributed by atoms with E-state index in [9.17, 15) is 14.0 Å². The number of aromatic nitrogens is 3. The summed E-state index contributed by atoms with van der Waals surface area (Å²) in [5, 5.41) is 10.1. The molecule has 4 aromatic rings. The van der Waals surface area contributed by atoms with Crippen molar-refractivity contribution in [3.8, 4) is 28.6 Å². The van der Waals surface area contributed by atoms with Gasteiger partial charge >= 0.3 is 0 Å². The largest absolute Gasteiger partial charge is 0.493 e. The van der Waals surface area contributed by atoms with Crippen molar-refractivity contribution in [2.24, 2.45) is 5.92 Å². The fourth-order valence-electron chi connectivity index (χ4n) is 5.12. The van der Waals surface area contributed by atoms with E-state index >= 15 is 0 Å². The molecule has 11 nitrogen and oxygen atoms in total. The molecule has 5 rings (SSSR count). The van der Waals surface area contributed by atoms with Crippen LogP contribution in [0.15, 0.2) is 59.3 Å². The van der Waals surface area contributed by atoms with Crippen molar-refractivity contribution in [3.63, 3.8) is 0 Å². The third-order valence-corrected chi connectivity index (χ3v) is 7.43. The minimum absolute atomic E-state index is 0.0177. The lowest BCUT2D eigenvalue weighted by Gasteiger charge is -2.26. The molecule has 0 aliphatic carbocycles. The van der Waals surface area contributed by atoms with E-state index in [4.69, 9.17) is 13.9 Å². The molecule has 0 spiro atoms. The Balaban J connectivity index is 1.44. The Hall–Kier alpha value is -4.71. The van der Waals surface area contributed by atoms with Gasteiger partial charge in [-0.2, -0.15) is 5.10 Å². The van der Waals surface area contributed by atoms with E-state index in [0.29, 0.717) is 65.2 Å². The van der Waals surface area contributed by atoms with Crippen LogP contribution < -0.4 is 20.1 Å². The summed E-state index contributed by atoms with van der Waals surface area (Å²) in [6, 6.07) is 10.9. The van der Waals surface area contributed by atoms with Crippen molar-refractivity contribution in [1.82, 2.24) is 30.3 Å². The van der Waals surface area contributed by atoms with Crippen LogP contribution in [0.3, 0.4) is 0 Å². The Kier molecular flexibility index (Phi) is 9.59. The standard InChI is InChI=1S/C32H37FN6O5/c1-20(2)30-31(41)34-17-25-21(3)44-32(36-25)22-7-10-27(42-4)28(16-22)43-14-6-12-38(19-29(40)37-30)18-23-15-24(33)8-9-26(23)39-13-5-11-35-39/h5,7-11,13,15-16,20,30H,6,12,14,17-19H2,1-4H3,(H,34,41)(H,37,40)/t30-/m0/s1. The van der Waals surface area contributed by atoms with Crippen molar-refractivity contribution >= 4 is 11.8 Å². The van der Waals surface area contributed by atoms with Gasteiger partial charge in [0.15, 0.2) is 11.5 Å². The molecule has 44 heavy (non-hydrogen) atoms. The Labute approximate surface area is 255 Å². The van der Waals surface area contributed by atoms with Crippen LogP contribution in [0.4, 0.5) is 4.39 Å². The third kappa shape index (κ3) is 7.25. The lowest BCUT2D eigenvalue weighted by atomic mass is 10.0. The highest BCUT2D eigenvalue weighted by atomic mass is 19.1. The second-order valence-electron chi connectivity index (χ2n) is 11.0. The highest BCUT2D eigenvalue weighted by Gasteiger charge is 2.26. The molecule has 2 aromatic heterocycles. The molecule has 1 aliphatic heterocycles. The fraction of sp³-hybridized carbons (Fsp3) is 0.375. The summed E-state index contributed by atoms with van der Waals surface area (Å²) in [5.74, 6) is 0.829. The van der Waals surface area contributed by atoms with E-state index in [0.717, 1.165) is 0 Å². The fourth-order valence-corrected chi connectivity index (χ4v) is 5.12. The molecule has 0 fully saturated rings. The zero-order valence-electron chi connectivity index (χ0n) is 25.3. The number of fused-ring (bicyclic) bond motifs is 5. The lowest BCUT2D eigenvalue weighted by molar-refractivity contribution is -0.130. The molecule has 2 N–H and O–H groups in total. The van der Waals surface area contributed by atoms with Gasteiger partial charge in [-0.05, 0) is 67.3 Å². The smallest absolute Gasteiger partial charge is 0.243 e. The summed E-state index contributed by atoms with van der Waals surface area (Å²) in [4.78, 5) is 33.1. The second-order valence-corrected chi connectivity index (χ2v) is 11.0. The van der Waals surface area contributed by atoms with E-state index < -0.39 is 6.04 Å². The number of benzene rings is 2. The molecule has 2 aromatic carbocycles. The normalized spacial score (nSPS) is 16.9. The number of oxazole rings is 1. The summed E-state index contributed by atoms with van der Waals surface area (Å²) in [5.41, 5.74) is 2.65. The van der Waals surface area contributed by atoms with Crippen LogP contribution in [-0.4, -0.2) is 64.3 Å². The first-order valence-electron chi connectivity index (χ1n) is 14.6. The van der Waals surface area contributed by atoms with Gasteiger partial charge in [0.25, 0.3) is 0 Å². The number of aryl methyl sites for hydroxylation is 1. The molecular formula is C32H37FN6O5. The Morgan fingerprint density at radius 3 is 2.77 bits per heavy atom. The van der Waals surface area contributed by atoms with Crippen LogP contribution in [0.5, 0.6) is 11.5 Å². The summed E-state index contributed by atoms with van der Waals surface area (Å²) >= 11 is 0. The van der Waals surface area contributed by atoms with E-state index in [1.807, 2.05) is 24.8 Å². The molecule has 0 unspecified atom stereocenters. The number of ether oxygens (including phenoxy) is 2. The van der Waals surface area contributed by atoms with E-state index in [1.54, 1.807) is 55.4 Å². The van der Waals surface area contributed by atoms with Crippen molar-refractivity contribution in [3.05, 3.63) is 77.7 Å². The third-order valence-electron chi connectivity index (χ3n) is 7.43. The Morgan fingerprint density at radius 2 is 2.02 bits per heavy atom. The van der Waals surface area contributed by atoms with Gasteiger partial charge in [0.2, 0.25) is 17.7 Å². The number of hydrogen-bond donors (Lipinski definition) is 2. The van der Waals surface area contributed by atoms with Gasteiger partial charge in [-0.15, -0.1) is 0 Å². The van der Waals surface area contributed by atoms with Gasteiger partial charge in [0.05, 0.1) is 32.5 Å². The molecule has 3 heterocycles. The average molecular weight is 605 g/mol. The second kappa shape index (κ2) is 13.7. The number of nitrogens with zero attached hydrogens (tertiary/aromatic N) is 4. The van der Waals surface area contributed by atoms with Crippen molar-refractivity contribution in [2.45, 2.75) is 46.3 Å². The van der Waals surface area contributed by atoms with E-state index in [2.05, 4.69) is 20.7 Å². The summed E-state index contributed by atoms with van der Waals surface area (Å²) < 4.78 is 33.6. The number of methoxy groups -OCH3 is 1. The van der Waals surface area contributed by atoms with Crippen molar-refractivity contribution < 1.29 is 27.9 Å². The first-order valence-corrected chi connectivity index (χ1v) is 14.6. The Bertz CT molecular complexity index is 1600. The number of carbonyl (C=O) groups is 2. The van der Waals surface area contributed by atoms with Gasteiger partial charge in [-0.1, -0.05) is 13.8 Å². The SMILES string of the molecule is COc1ccc2cc1OCCCN(Cc1cc(F)ccc1-n1cccn1)CC(=O)N[C@@H](C(C)C)C(=O)NCc1nc-2oc1C. The predicted octanol–water partition coefficient (Wildman–Crippen LogP) is 4.03.